The Kier molecular flexibility index (Phi) is 2.61. The van der Waals surface area contributed by atoms with E-state index in [1.54, 1.807) is 6.42 Å². The van der Waals surface area contributed by atoms with Crippen molar-refractivity contribution in [1.29, 1.82) is 0 Å². The summed E-state index contributed by atoms with van der Waals surface area (Å²) in [7, 11) is 0. The van der Waals surface area contributed by atoms with Crippen molar-refractivity contribution in [3.63, 3.8) is 0 Å². The van der Waals surface area contributed by atoms with Crippen LogP contribution in [0.1, 0.15) is 6.92 Å². The van der Waals surface area contributed by atoms with Gasteiger partial charge in [-0.3, -0.25) is 0 Å². The normalized spacial score (nSPS) is 15.0. The summed E-state index contributed by atoms with van der Waals surface area (Å²) in [5.74, 6) is 0. The summed E-state index contributed by atoms with van der Waals surface area (Å²) < 4.78 is 0. The molecular weight excluding hydrogens is 85.5 g/mol. The van der Waals surface area contributed by atoms with Crippen LogP contribution in [0.2, 0.25) is 0 Å². The van der Waals surface area contributed by atoms with E-state index in [1.165, 1.54) is 0 Å². The number of alkyl halides is 1. The third kappa shape index (κ3) is 4.25. The van der Waals surface area contributed by atoms with Crippen LogP contribution in [0.4, 0.5) is 0 Å². The Morgan fingerprint density at radius 2 is 2.20 bits per heavy atom. The summed E-state index contributed by atoms with van der Waals surface area (Å²) in [5, 5.41) is 0. The minimum Gasteiger partial charge on any atom is -0.315 e. The van der Waals surface area contributed by atoms with Gasteiger partial charge in [-0.1, -0.05) is 6.92 Å². The van der Waals surface area contributed by atoms with Crippen LogP contribution >= 0.6 is 11.6 Å². The number of halogens is 1. The van der Waals surface area contributed by atoms with E-state index in [2.05, 4.69) is 0 Å². The Hall–Kier alpha value is 0.250. The Labute approximate surface area is 37.1 Å². The lowest BCUT2D eigenvalue weighted by atomic mass is 10.5. The number of hydrogen-bond acceptors (Lipinski definition) is 1. The summed E-state index contributed by atoms with van der Waals surface area (Å²) in [5.41, 5.74) is 4.73. The van der Waals surface area contributed by atoms with Crippen LogP contribution in [0.3, 0.4) is 0 Å². The first-order valence-corrected chi connectivity index (χ1v) is 1.90. The average Bonchev–Trinajstić information content (AvgIpc) is 1.38. The zero-order valence-corrected chi connectivity index (χ0v) is 3.87. The molecule has 0 amide bonds. The van der Waals surface area contributed by atoms with Crippen molar-refractivity contribution in [3.05, 3.63) is 6.42 Å². The molecule has 1 atom stereocenters. The molecule has 2 heteroatoms. The van der Waals surface area contributed by atoms with Gasteiger partial charge in [-0.05, 0) is 6.42 Å². The zero-order chi connectivity index (χ0) is 4.28. The molecule has 1 unspecified atom stereocenters. The topological polar surface area (TPSA) is 26.0 Å². The maximum absolute atomic E-state index is 5.18. The maximum atomic E-state index is 5.18. The van der Waals surface area contributed by atoms with E-state index in [1.807, 2.05) is 6.92 Å². The highest BCUT2D eigenvalue weighted by molar-refractivity contribution is 6.20. The average molecular weight is 92.5 g/mol. The van der Waals surface area contributed by atoms with Crippen molar-refractivity contribution in [2.75, 3.05) is 0 Å². The molecule has 0 aliphatic heterocycles. The third-order valence-electron chi connectivity index (χ3n) is 0.318. The Bertz CT molecular complexity index is 20.9. The first-order chi connectivity index (χ1) is 2.27. The fourth-order valence-electron chi connectivity index (χ4n) is 0. The van der Waals surface area contributed by atoms with Crippen molar-refractivity contribution >= 4 is 11.6 Å². The molecule has 0 aliphatic carbocycles. The third-order valence-corrected chi connectivity index (χ3v) is 0.570. The second kappa shape index (κ2) is 2.49. The van der Waals surface area contributed by atoms with Crippen LogP contribution in [-0.4, -0.2) is 5.50 Å². The van der Waals surface area contributed by atoms with Gasteiger partial charge in [0.1, 0.15) is 0 Å². The summed E-state index contributed by atoms with van der Waals surface area (Å²) in [6.07, 6.45) is 1.71. The molecule has 0 heterocycles. The molecule has 0 aromatic heterocycles. The lowest BCUT2D eigenvalue weighted by Crippen LogP contribution is -2.08. The van der Waals surface area contributed by atoms with E-state index in [9.17, 15) is 0 Å². The molecular formula is C3H7ClN. The first kappa shape index (κ1) is 5.25. The van der Waals surface area contributed by atoms with E-state index in [4.69, 9.17) is 17.3 Å². The first-order valence-electron chi connectivity index (χ1n) is 1.46. The number of nitrogens with two attached hydrogens (primary N) is 1. The van der Waals surface area contributed by atoms with Gasteiger partial charge in [0.2, 0.25) is 0 Å². The lowest BCUT2D eigenvalue weighted by Gasteiger charge is -1.88. The summed E-state index contributed by atoms with van der Waals surface area (Å²) in [6, 6.07) is 0. The van der Waals surface area contributed by atoms with Crippen LogP contribution in [0.5, 0.6) is 0 Å². The van der Waals surface area contributed by atoms with Gasteiger partial charge in [0.15, 0.2) is 0 Å². The summed E-state index contributed by atoms with van der Waals surface area (Å²) in [6.45, 7) is 1.82. The molecule has 0 aromatic carbocycles. The van der Waals surface area contributed by atoms with Gasteiger partial charge in [0.25, 0.3) is 0 Å². The molecule has 0 spiro atoms. The van der Waals surface area contributed by atoms with Crippen molar-refractivity contribution in [2.45, 2.75) is 12.4 Å². The number of rotatable bonds is 1. The summed E-state index contributed by atoms with van der Waals surface area (Å²) >= 11 is 5.18. The molecule has 0 saturated carbocycles. The zero-order valence-electron chi connectivity index (χ0n) is 3.11. The van der Waals surface area contributed by atoms with Gasteiger partial charge in [-0.25, -0.2) is 0 Å². The predicted octanol–water partition coefficient (Wildman–Crippen LogP) is 0.734. The highest BCUT2D eigenvalue weighted by Crippen LogP contribution is 1.85. The fraction of sp³-hybridized carbons (Fsp3) is 0.667. The van der Waals surface area contributed by atoms with Gasteiger partial charge in [0, 0.05) is 0 Å². The molecule has 2 N–H and O–H groups in total. The van der Waals surface area contributed by atoms with E-state index in [0.717, 1.165) is 0 Å². The molecule has 0 saturated heterocycles. The Morgan fingerprint density at radius 1 is 2.00 bits per heavy atom. The quantitative estimate of drug-likeness (QED) is 0.375. The molecule has 0 fully saturated rings. The second-order valence-electron chi connectivity index (χ2n) is 0.778. The van der Waals surface area contributed by atoms with Crippen molar-refractivity contribution < 1.29 is 0 Å². The smallest absolute Gasteiger partial charge is 0.0829 e. The molecule has 1 nitrogen and oxygen atoms in total. The van der Waals surface area contributed by atoms with Crippen LogP contribution in [0.25, 0.3) is 0 Å². The molecule has 0 aliphatic rings. The van der Waals surface area contributed by atoms with Gasteiger partial charge >= 0.3 is 0 Å². The molecule has 0 rings (SSSR count). The Morgan fingerprint density at radius 3 is 2.20 bits per heavy atom. The maximum Gasteiger partial charge on any atom is 0.0829 e. The predicted molar refractivity (Wildman–Crippen MR) is 23.8 cm³/mol. The number of hydrogen-bond donors (Lipinski definition) is 1. The van der Waals surface area contributed by atoms with Crippen LogP contribution in [0.15, 0.2) is 0 Å². The van der Waals surface area contributed by atoms with Gasteiger partial charge < -0.3 is 5.73 Å². The minimum atomic E-state index is -0.269. The minimum absolute atomic E-state index is 0.269. The van der Waals surface area contributed by atoms with E-state index < -0.39 is 0 Å². The van der Waals surface area contributed by atoms with E-state index in [-0.39, 0.29) is 5.50 Å². The molecule has 0 bridgehead atoms. The van der Waals surface area contributed by atoms with Crippen molar-refractivity contribution in [3.8, 4) is 0 Å². The monoisotopic (exact) mass is 92.0 g/mol. The second-order valence-corrected chi connectivity index (χ2v) is 1.28. The lowest BCUT2D eigenvalue weighted by molar-refractivity contribution is 1.04. The molecule has 0 aromatic rings. The highest BCUT2D eigenvalue weighted by atomic mass is 35.5. The molecule has 5 heavy (non-hydrogen) atoms. The fourth-order valence-corrected chi connectivity index (χ4v) is 0. The van der Waals surface area contributed by atoms with E-state index in [0.29, 0.717) is 0 Å². The van der Waals surface area contributed by atoms with Crippen LogP contribution < -0.4 is 5.73 Å². The molecule has 31 valence electrons. The Balaban J connectivity index is 2.54. The van der Waals surface area contributed by atoms with Gasteiger partial charge in [0.05, 0.1) is 5.50 Å². The van der Waals surface area contributed by atoms with Crippen LogP contribution in [0, 0.1) is 6.42 Å². The van der Waals surface area contributed by atoms with Crippen LogP contribution in [-0.2, 0) is 0 Å². The standard InChI is InChI=1S/C3H7ClN/c1-2-3(4)5/h2-3H,5H2,1H3. The highest BCUT2D eigenvalue weighted by Gasteiger charge is 1.83. The van der Waals surface area contributed by atoms with Crippen molar-refractivity contribution in [1.82, 2.24) is 0 Å². The van der Waals surface area contributed by atoms with E-state index >= 15 is 0 Å². The van der Waals surface area contributed by atoms with Crippen molar-refractivity contribution in [2.24, 2.45) is 5.73 Å². The molecule has 1 radical (unpaired) electrons. The largest absolute Gasteiger partial charge is 0.315 e. The SMILES string of the molecule is C[CH]C(N)Cl. The summed E-state index contributed by atoms with van der Waals surface area (Å²) in [4.78, 5) is 0. The van der Waals surface area contributed by atoms with Gasteiger partial charge in [-0.15, -0.1) is 11.6 Å². The van der Waals surface area contributed by atoms with Gasteiger partial charge in [-0.2, -0.15) is 0 Å².